The number of carbonyl (C=O) groups excluding carboxylic acids is 1. The third-order valence-corrected chi connectivity index (χ3v) is 11.5. The van der Waals surface area contributed by atoms with Gasteiger partial charge in [0.1, 0.15) is 5.78 Å². The fourth-order valence-corrected chi connectivity index (χ4v) is 9.88. The summed E-state index contributed by atoms with van der Waals surface area (Å²) < 4.78 is 0. The fraction of sp³-hybridized carbons (Fsp3) is 0.957. The van der Waals surface area contributed by atoms with E-state index in [2.05, 4.69) is 36.1 Å². The molecule has 0 aromatic carbocycles. The molecular weight excluding hydrogens is 368 g/mol. The highest BCUT2D eigenvalue weighted by Crippen LogP contribution is 2.66. The van der Waals surface area contributed by atoms with Gasteiger partial charge in [0.15, 0.2) is 0 Å². The molecule has 5 aliphatic rings. The van der Waals surface area contributed by atoms with Crippen LogP contribution in [0.25, 0.3) is 0 Å². The molecule has 4 saturated carbocycles. The van der Waals surface area contributed by atoms with Crippen LogP contribution in [-0.4, -0.2) is 35.4 Å². The average Bonchev–Trinajstić information content (AvgIpc) is 3.30. The van der Waals surface area contributed by atoms with E-state index in [-0.39, 0.29) is 16.9 Å². The maximum absolute atomic E-state index is 12.6. The smallest absolute Gasteiger partial charge is 0.139 e. The van der Waals surface area contributed by atoms with Crippen molar-refractivity contribution in [3.63, 3.8) is 0 Å². The van der Waals surface area contributed by atoms with Crippen molar-refractivity contribution in [2.75, 3.05) is 13.1 Å². The minimum absolute atomic E-state index is 0.0330. The monoisotopic (exact) mass is 404 g/mol. The van der Waals surface area contributed by atoms with Crippen LogP contribution in [0.4, 0.5) is 0 Å². The topological polar surface area (TPSA) is 58.5 Å². The summed E-state index contributed by atoms with van der Waals surface area (Å²) in [7, 11) is 0. The summed E-state index contributed by atoms with van der Waals surface area (Å²) in [6, 6.07) is -0.0330. The van der Waals surface area contributed by atoms with E-state index in [0.717, 1.165) is 44.0 Å². The fourth-order valence-electron chi connectivity index (χ4n) is 8.29. The van der Waals surface area contributed by atoms with E-state index in [1.165, 1.54) is 32.1 Å². The molecule has 5 fully saturated rings. The third kappa shape index (κ3) is 2.85. The predicted octanol–water partition coefficient (Wildman–Crippen LogP) is 4.81. The lowest BCUT2D eigenvalue weighted by molar-refractivity contribution is -0.140. The molecule has 4 nitrogen and oxygen atoms in total. The Balaban J connectivity index is 1.38. The second kappa shape index (κ2) is 7.08. The second-order valence-corrected chi connectivity index (χ2v) is 12.6. The lowest BCUT2D eigenvalue weighted by atomic mass is 9.44. The lowest BCUT2D eigenvalue weighted by Gasteiger charge is -2.61. The van der Waals surface area contributed by atoms with Crippen molar-refractivity contribution in [1.82, 2.24) is 5.32 Å². The summed E-state index contributed by atoms with van der Waals surface area (Å²) in [6.45, 7) is 7.03. The summed E-state index contributed by atoms with van der Waals surface area (Å²) >= 11 is 2.19. The van der Waals surface area contributed by atoms with E-state index in [0.29, 0.717) is 34.7 Å². The van der Waals surface area contributed by atoms with Crippen molar-refractivity contribution in [3.8, 4) is 0 Å². The number of nitrogens with one attached hydrogen (secondary N) is 1. The molecule has 4 aliphatic carbocycles. The SMILES string of the molecule is C[C@]12CC[C@@H](SC3CCNC3)CC1C(N=O)C[C@@H]1[C@@H]2CC[C@]2(C)C(=O)CC[C@@H]12. The van der Waals surface area contributed by atoms with E-state index in [4.69, 9.17) is 0 Å². The number of hydrogen-bond acceptors (Lipinski definition) is 5. The molecule has 1 N–H and O–H groups in total. The van der Waals surface area contributed by atoms with Crippen molar-refractivity contribution in [2.45, 2.75) is 88.2 Å². The van der Waals surface area contributed by atoms with E-state index in [1.807, 2.05) is 0 Å². The van der Waals surface area contributed by atoms with Crippen LogP contribution in [0.3, 0.4) is 0 Å². The summed E-state index contributed by atoms with van der Waals surface area (Å²) in [5.41, 5.74) is 0.139. The number of nitroso groups, excluding NO2 is 1. The van der Waals surface area contributed by atoms with E-state index >= 15 is 0 Å². The normalized spacial score (nSPS) is 53.4. The predicted molar refractivity (Wildman–Crippen MR) is 114 cm³/mol. The zero-order valence-corrected chi connectivity index (χ0v) is 18.3. The number of thioether (sulfide) groups is 1. The largest absolute Gasteiger partial charge is 0.316 e. The van der Waals surface area contributed by atoms with Crippen LogP contribution >= 0.6 is 11.8 Å². The first-order chi connectivity index (χ1) is 13.5. The highest BCUT2D eigenvalue weighted by molar-refractivity contribution is 8.00. The Kier molecular flexibility index (Phi) is 4.94. The Bertz CT molecular complexity index is 651. The van der Waals surface area contributed by atoms with Crippen LogP contribution in [0.15, 0.2) is 5.18 Å². The Morgan fingerprint density at radius 3 is 2.61 bits per heavy atom. The molecule has 1 heterocycles. The Hall–Kier alpha value is -0.420. The first-order valence-electron chi connectivity index (χ1n) is 11.7. The van der Waals surface area contributed by atoms with E-state index in [1.54, 1.807) is 0 Å². The molecule has 0 radical (unpaired) electrons. The maximum atomic E-state index is 12.6. The molecule has 0 bridgehead atoms. The molecule has 156 valence electrons. The van der Waals surface area contributed by atoms with Crippen molar-refractivity contribution in [2.24, 2.45) is 39.7 Å². The number of rotatable bonds is 3. The van der Waals surface area contributed by atoms with Crippen LogP contribution in [0.1, 0.15) is 71.6 Å². The lowest BCUT2D eigenvalue weighted by Crippen LogP contribution is -2.57. The van der Waals surface area contributed by atoms with Gasteiger partial charge in [-0.2, -0.15) is 16.7 Å². The highest BCUT2D eigenvalue weighted by atomic mass is 32.2. The highest BCUT2D eigenvalue weighted by Gasteiger charge is 2.62. The number of ketones is 1. The van der Waals surface area contributed by atoms with Gasteiger partial charge >= 0.3 is 0 Å². The van der Waals surface area contributed by atoms with Crippen molar-refractivity contribution in [1.29, 1.82) is 0 Å². The van der Waals surface area contributed by atoms with Crippen LogP contribution in [0, 0.1) is 39.4 Å². The first-order valence-corrected chi connectivity index (χ1v) is 12.6. The minimum atomic E-state index is -0.111. The van der Waals surface area contributed by atoms with Gasteiger partial charge in [0.05, 0.1) is 6.04 Å². The van der Waals surface area contributed by atoms with Gasteiger partial charge < -0.3 is 5.32 Å². The Labute approximate surface area is 173 Å². The van der Waals surface area contributed by atoms with Gasteiger partial charge in [-0.05, 0) is 87.0 Å². The number of hydrogen-bond donors (Lipinski definition) is 1. The van der Waals surface area contributed by atoms with Crippen molar-refractivity contribution >= 4 is 17.5 Å². The van der Waals surface area contributed by atoms with Gasteiger partial charge in [0.2, 0.25) is 0 Å². The number of Topliss-reactive ketones (excluding diaryl/α,β-unsaturated/α-hetero) is 1. The standard InChI is InChI=1S/C23H36N2O2S/c1-22-8-5-14(28-15-7-10-24-13-15)11-19(22)20(25-27)12-16-17-3-4-21(26)23(17,2)9-6-18(16)22/h14-20,24H,3-13H2,1-2H3/t14-,15?,16+,17+,18+,19?,20?,22-,23+/m1/s1. The summed E-state index contributed by atoms with van der Waals surface area (Å²) in [6.07, 6.45) is 10.0. The average molecular weight is 405 g/mol. The summed E-state index contributed by atoms with van der Waals surface area (Å²) in [4.78, 5) is 24.6. The van der Waals surface area contributed by atoms with E-state index in [9.17, 15) is 9.70 Å². The van der Waals surface area contributed by atoms with Gasteiger partial charge in [0.25, 0.3) is 0 Å². The number of fused-ring (bicyclic) bond motifs is 5. The molecule has 0 amide bonds. The molecule has 1 aliphatic heterocycles. The summed E-state index contributed by atoms with van der Waals surface area (Å²) in [5, 5.41) is 8.69. The zero-order chi connectivity index (χ0) is 19.5. The molecule has 9 atom stereocenters. The Morgan fingerprint density at radius 1 is 1.00 bits per heavy atom. The number of carbonyl (C=O) groups is 1. The second-order valence-electron chi connectivity index (χ2n) is 11.0. The molecule has 0 spiro atoms. The van der Waals surface area contributed by atoms with Crippen molar-refractivity contribution in [3.05, 3.63) is 4.91 Å². The van der Waals surface area contributed by atoms with Gasteiger partial charge in [-0.25, -0.2) is 0 Å². The van der Waals surface area contributed by atoms with Gasteiger partial charge in [-0.3, -0.25) is 4.79 Å². The van der Waals surface area contributed by atoms with Gasteiger partial charge in [-0.15, -0.1) is 0 Å². The molecule has 3 unspecified atom stereocenters. The first kappa shape index (κ1) is 19.5. The number of nitrogens with zero attached hydrogens (tertiary/aromatic N) is 1. The molecule has 28 heavy (non-hydrogen) atoms. The van der Waals surface area contributed by atoms with Gasteiger partial charge in [0, 0.05) is 28.9 Å². The third-order valence-electron chi connectivity index (χ3n) is 9.88. The maximum Gasteiger partial charge on any atom is 0.139 e. The van der Waals surface area contributed by atoms with Crippen LogP contribution in [-0.2, 0) is 4.79 Å². The quantitative estimate of drug-likeness (QED) is 0.686. The van der Waals surface area contributed by atoms with Crippen molar-refractivity contribution < 1.29 is 4.79 Å². The van der Waals surface area contributed by atoms with Crippen LogP contribution < -0.4 is 5.32 Å². The van der Waals surface area contributed by atoms with Crippen LogP contribution in [0.5, 0.6) is 0 Å². The van der Waals surface area contributed by atoms with Gasteiger partial charge in [-0.1, -0.05) is 19.0 Å². The van der Waals surface area contributed by atoms with E-state index < -0.39 is 0 Å². The molecular formula is C23H36N2O2S. The zero-order valence-electron chi connectivity index (χ0n) is 17.5. The molecule has 5 heteroatoms. The van der Waals surface area contributed by atoms with Crippen LogP contribution in [0.2, 0.25) is 0 Å². The summed E-state index contributed by atoms with van der Waals surface area (Å²) in [5.74, 6) is 2.67. The Morgan fingerprint density at radius 2 is 1.86 bits per heavy atom. The molecule has 5 rings (SSSR count). The molecule has 1 saturated heterocycles. The minimum Gasteiger partial charge on any atom is -0.316 e. The molecule has 0 aromatic rings. The molecule has 0 aromatic heterocycles.